The molecular weight excluding hydrogens is 412 g/mol. The molecule has 5 atom stereocenters. The van der Waals surface area contributed by atoms with Crippen molar-refractivity contribution in [3.05, 3.63) is 0 Å². The van der Waals surface area contributed by atoms with E-state index in [2.05, 4.69) is 21.3 Å². The summed E-state index contributed by atoms with van der Waals surface area (Å²) >= 11 is 1.54. The largest absolute Gasteiger partial charge is 0.480 e. The summed E-state index contributed by atoms with van der Waals surface area (Å²) in [6.07, 6.45) is 4.45. The van der Waals surface area contributed by atoms with Crippen LogP contribution in [0, 0.1) is 5.92 Å². The number of aliphatic carboxylic acids is 1. The smallest absolute Gasteiger partial charge is 0.328 e. The Morgan fingerprint density at radius 1 is 1.13 bits per heavy atom. The molecule has 0 radical (unpaired) electrons. The predicted molar refractivity (Wildman–Crippen MR) is 114 cm³/mol. The molecule has 1 rings (SSSR count). The van der Waals surface area contributed by atoms with Gasteiger partial charge in [-0.2, -0.15) is 11.8 Å². The molecule has 0 saturated carbocycles. The number of rotatable bonds is 13. The first-order valence-electron chi connectivity index (χ1n) is 10.2. The molecule has 1 heterocycles. The topological polar surface area (TPSA) is 157 Å². The molecule has 0 aromatic heterocycles. The Labute approximate surface area is 181 Å². The summed E-state index contributed by atoms with van der Waals surface area (Å²) in [7, 11) is 0. The zero-order valence-corrected chi connectivity index (χ0v) is 18.6. The van der Waals surface area contributed by atoms with Gasteiger partial charge in [-0.1, -0.05) is 20.3 Å². The van der Waals surface area contributed by atoms with Crippen molar-refractivity contribution >= 4 is 35.5 Å². The average molecular weight is 447 g/mol. The van der Waals surface area contributed by atoms with Crippen LogP contribution < -0.4 is 21.3 Å². The number of thioether (sulfide) groups is 1. The number of carboxylic acids is 1. The maximum absolute atomic E-state index is 12.9. The van der Waals surface area contributed by atoms with Crippen molar-refractivity contribution in [2.24, 2.45) is 5.92 Å². The maximum atomic E-state index is 12.9. The van der Waals surface area contributed by atoms with Crippen molar-refractivity contribution in [3.63, 3.8) is 0 Å². The molecule has 1 aliphatic heterocycles. The summed E-state index contributed by atoms with van der Waals surface area (Å²) in [5.41, 5.74) is 0. The van der Waals surface area contributed by atoms with Crippen LogP contribution in [0.2, 0.25) is 0 Å². The van der Waals surface area contributed by atoms with E-state index in [9.17, 15) is 19.2 Å². The lowest BCUT2D eigenvalue weighted by molar-refractivity contribution is -0.143. The lowest BCUT2D eigenvalue weighted by Gasteiger charge is -2.27. The Kier molecular flexibility index (Phi) is 11.7. The highest BCUT2D eigenvalue weighted by Gasteiger charge is 2.33. The molecule has 1 saturated heterocycles. The van der Waals surface area contributed by atoms with Gasteiger partial charge in [-0.15, -0.1) is 0 Å². The summed E-state index contributed by atoms with van der Waals surface area (Å²) in [6, 6.07) is -3.58. The number of hydrogen-bond acceptors (Lipinski definition) is 7. The molecule has 10 nitrogen and oxygen atoms in total. The summed E-state index contributed by atoms with van der Waals surface area (Å²) in [5.74, 6) is -2.44. The van der Waals surface area contributed by atoms with E-state index in [0.29, 0.717) is 25.0 Å². The number of hydrogen-bond donors (Lipinski definition) is 6. The van der Waals surface area contributed by atoms with E-state index >= 15 is 0 Å². The van der Waals surface area contributed by atoms with Crippen molar-refractivity contribution in [1.82, 2.24) is 21.3 Å². The van der Waals surface area contributed by atoms with Crippen LogP contribution in [0.3, 0.4) is 0 Å². The van der Waals surface area contributed by atoms with Gasteiger partial charge < -0.3 is 31.5 Å². The molecule has 172 valence electrons. The Hall–Kier alpha value is -1.85. The fraction of sp³-hybridized carbons (Fsp3) is 0.789. The normalized spacial score (nSPS) is 19.9. The number of aliphatic hydroxyl groups is 1. The minimum Gasteiger partial charge on any atom is -0.480 e. The lowest BCUT2D eigenvalue weighted by Crippen LogP contribution is -2.59. The monoisotopic (exact) mass is 446 g/mol. The highest BCUT2D eigenvalue weighted by molar-refractivity contribution is 7.98. The van der Waals surface area contributed by atoms with Crippen LogP contribution in [0.25, 0.3) is 0 Å². The predicted octanol–water partition coefficient (Wildman–Crippen LogP) is -0.931. The molecule has 11 heteroatoms. The third-order valence-electron chi connectivity index (χ3n) is 5.21. The zero-order chi connectivity index (χ0) is 22.7. The Morgan fingerprint density at radius 2 is 1.83 bits per heavy atom. The van der Waals surface area contributed by atoms with Gasteiger partial charge in [-0.05, 0) is 43.7 Å². The van der Waals surface area contributed by atoms with Gasteiger partial charge in [0.25, 0.3) is 0 Å². The van der Waals surface area contributed by atoms with Crippen molar-refractivity contribution in [3.8, 4) is 0 Å². The SMILES string of the molecule is CCC(C)C(NC(=O)C(CCSC)NC(=O)C1CCCN1)C(=O)NC(CO)C(=O)O. The molecule has 30 heavy (non-hydrogen) atoms. The van der Waals surface area contributed by atoms with Crippen molar-refractivity contribution in [2.45, 2.75) is 63.7 Å². The Bertz CT molecular complexity index is 600. The van der Waals surface area contributed by atoms with Crippen LogP contribution in [-0.4, -0.2) is 83.2 Å². The first-order valence-corrected chi connectivity index (χ1v) is 11.6. The van der Waals surface area contributed by atoms with E-state index in [1.165, 1.54) is 11.8 Å². The van der Waals surface area contributed by atoms with Crippen LogP contribution in [0.5, 0.6) is 0 Å². The van der Waals surface area contributed by atoms with E-state index < -0.39 is 42.5 Å². The molecule has 3 amide bonds. The maximum Gasteiger partial charge on any atom is 0.328 e. The second-order valence-electron chi connectivity index (χ2n) is 7.45. The van der Waals surface area contributed by atoms with Crippen molar-refractivity contribution in [1.29, 1.82) is 0 Å². The third-order valence-corrected chi connectivity index (χ3v) is 5.85. The minimum atomic E-state index is -1.46. The first kappa shape index (κ1) is 26.2. The molecular formula is C19H34N4O6S. The summed E-state index contributed by atoms with van der Waals surface area (Å²) in [5, 5.41) is 29.0. The van der Waals surface area contributed by atoms with E-state index in [1.54, 1.807) is 6.92 Å². The van der Waals surface area contributed by atoms with E-state index in [1.807, 2.05) is 13.2 Å². The molecule has 6 N–H and O–H groups in total. The van der Waals surface area contributed by atoms with Gasteiger partial charge in [0.1, 0.15) is 18.1 Å². The highest BCUT2D eigenvalue weighted by atomic mass is 32.2. The molecule has 0 aromatic rings. The molecule has 5 unspecified atom stereocenters. The van der Waals surface area contributed by atoms with Crippen LogP contribution in [0.4, 0.5) is 0 Å². The fourth-order valence-corrected chi connectivity index (χ4v) is 3.56. The van der Waals surface area contributed by atoms with E-state index in [-0.39, 0.29) is 17.9 Å². The van der Waals surface area contributed by atoms with Gasteiger partial charge in [0.2, 0.25) is 17.7 Å². The minimum absolute atomic E-state index is 0.246. The van der Waals surface area contributed by atoms with Gasteiger partial charge >= 0.3 is 5.97 Å². The third kappa shape index (κ3) is 8.11. The van der Waals surface area contributed by atoms with Crippen molar-refractivity contribution < 1.29 is 29.4 Å². The fourth-order valence-electron chi connectivity index (χ4n) is 3.09. The zero-order valence-electron chi connectivity index (χ0n) is 17.8. The molecule has 1 fully saturated rings. The number of carbonyl (C=O) groups excluding carboxylic acids is 3. The number of amides is 3. The van der Waals surface area contributed by atoms with Gasteiger partial charge in [-0.3, -0.25) is 14.4 Å². The number of carboxylic acid groups (broad SMARTS) is 1. The van der Waals surface area contributed by atoms with Crippen LogP contribution >= 0.6 is 11.8 Å². The van der Waals surface area contributed by atoms with Crippen LogP contribution in [0.1, 0.15) is 39.5 Å². The second kappa shape index (κ2) is 13.5. The van der Waals surface area contributed by atoms with Gasteiger partial charge in [0.15, 0.2) is 0 Å². The Morgan fingerprint density at radius 3 is 2.33 bits per heavy atom. The van der Waals surface area contributed by atoms with Crippen molar-refractivity contribution in [2.75, 3.05) is 25.2 Å². The number of carbonyl (C=O) groups is 4. The first-order chi connectivity index (χ1) is 14.2. The van der Waals surface area contributed by atoms with Crippen LogP contribution in [0.15, 0.2) is 0 Å². The summed E-state index contributed by atoms with van der Waals surface area (Å²) in [6.45, 7) is 3.60. The standard InChI is InChI=1S/C19H34N4O6S/c1-4-11(2)15(18(27)22-14(10-24)19(28)29)23-17(26)13(7-9-30-3)21-16(25)12-6-5-8-20-12/h11-15,20,24H,4-10H2,1-3H3,(H,21,25)(H,22,27)(H,23,26)(H,28,29). The van der Waals surface area contributed by atoms with E-state index in [0.717, 1.165) is 13.0 Å². The Balaban J connectivity index is 2.88. The average Bonchev–Trinajstić information content (AvgIpc) is 3.26. The quantitative estimate of drug-likeness (QED) is 0.212. The van der Waals surface area contributed by atoms with E-state index in [4.69, 9.17) is 10.2 Å². The molecule has 0 aromatic carbocycles. The molecule has 1 aliphatic rings. The van der Waals surface area contributed by atoms with Crippen LogP contribution in [-0.2, 0) is 19.2 Å². The summed E-state index contributed by atoms with van der Waals surface area (Å²) < 4.78 is 0. The molecule has 0 bridgehead atoms. The van der Waals surface area contributed by atoms with Gasteiger partial charge in [-0.25, -0.2) is 4.79 Å². The lowest BCUT2D eigenvalue weighted by atomic mass is 9.97. The number of aliphatic hydroxyl groups excluding tert-OH is 1. The molecule has 0 spiro atoms. The molecule has 0 aliphatic carbocycles. The highest BCUT2D eigenvalue weighted by Crippen LogP contribution is 2.11. The number of nitrogens with one attached hydrogen (secondary N) is 4. The van der Waals surface area contributed by atoms with Gasteiger partial charge in [0.05, 0.1) is 12.6 Å². The van der Waals surface area contributed by atoms with Gasteiger partial charge in [0, 0.05) is 0 Å². The second-order valence-corrected chi connectivity index (χ2v) is 8.43. The summed E-state index contributed by atoms with van der Waals surface area (Å²) in [4.78, 5) is 49.1.